The fourth-order valence-electron chi connectivity index (χ4n) is 3.22. The Kier molecular flexibility index (Phi) is 6.01. The quantitative estimate of drug-likeness (QED) is 0.430. The molecule has 0 heterocycles. The number of carbonyl (C=O) groups is 1. The van der Waals surface area contributed by atoms with Gasteiger partial charge in [-0.05, 0) is 23.6 Å². The van der Waals surface area contributed by atoms with Gasteiger partial charge in [-0.3, -0.25) is 10.1 Å². The molecule has 0 aliphatic carbocycles. The normalized spacial score (nSPS) is 10.6. The molecule has 0 atom stereocenters. The highest BCUT2D eigenvalue weighted by Gasteiger charge is 2.17. The summed E-state index contributed by atoms with van der Waals surface area (Å²) in [7, 11) is 0. The first-order valence-corrected chi connectivity index (χ1v) is 8.92. The van der Waals surface area contributed by atoms with Crippen molar-refractivity contribution in [2.45, 2.75) is 12.3 Å². The molecule has 0 aromatic heterocycles. The maximum atomic E-state index is 11.5. The maximum absolute atomic E-state index is 11.5. The van der Waals surface area contributed by atoms with Crippen LogP contribution in [0.5, 0.6) is 0 Å². The van der Waals surface area contributed by atoms with Crippen LogP contribution in [0.4, 0.5) is 11.4 Å². The zero-order chi connectivity index (χ0) is 19.9. The maximum Gasteiger partial charge on any atom is 0.338 e. The minimum Gasteiger partial charge on any atom is -0.478 e. The molecule has 3 rings (SSSR count). The summed E-state index contributed by atoms with van der Waals surface area (Å²) in [5.74, 6) is -1.05. The van der Waals surface area contributed by atoms with Crippen molar-refractivity contribution in [3.8, 4) is 0 Å². The van der Waals surface area contributed by atoms with Crippen LogP contribution in [0.1, 0.15) is 33.8 Å². The molecule has 0 bridgehead atoms. The molecule has 3 aromatic rings. The Morgan fingerprint density at radius 2 is 1.54 bits per heavy atom. The van der Waals surface area contributed by atoms with Crippen molar-refractivity contribution in [3.63, 3.8) is 0 Å². The van der Waals surface area contributed by atoms with Gasteiger partial charge in [0, 0.05) is 30.3 Å². The number of nitro groups is 1. The third-order valence-electron chi connectivity index (χ3n) is 4.60. The number of carboxylic acids is 1. The lowest BCUT2D eigenvalue weighted by Gasteiger charge is -2.19. The highest BCUT2D eigenvalue weighted by molar-refractivity contribution is 5.95. The number of nitrogens with zero attached hydrogens (tertiary/aromatic N) is 1. The third kappa shape index (κ3) is 4.54. The topological polar surface area (TPSA) is 92.5 Å². The molecule has 28 heavy (non-hydrogen) atoms. The van der Waals surface area contributed by atoms with E-state index in [9.17, 15) is 20.0 Å². The van der Waals surface area contributed by atoms with Gasteiger partial charge < -0.3 is 10.4 Å². The summed E-state index contributed by atoms with van der Waals surface area (Å²) >= 11 is 0. The molecule has 2 N–H and O–H groups in total. The van der Waals surface area contributed by atoms with Crippen LogP contribution in [-0.2, 0) is 0 Å². The minimum atomic E-state index is -1.20. The Bertz CT molecular complexity index is 919. The SMILES string of the molecule is O=C(O)c1cc([N+](=O)[O-])ccc1NCCC(c1ccccc1)c1ccccc1. The number of anilines is 1. The summed E-state index contributed by atoms with van der Waals surface area (Å²) in [6, 6.07) is 24.1. The standard InChI is InChI=1S/C22H20N2O4/c25-22(26)20-15-18(24(27)28)11-12-21(20)23-14-13-19(16-7-3-1-4-8-16)17-9-5-2-6-10-17/h1-12,15,19,23H,13-14H2,(H,25,26). The van der Waals surface area contributed by atoms with Crippen LogP contribution in [0, 0.1) is 10.1 Å². The molecule has 6 heteroatoms. The Labute approximate surface area is 162 Å². The van der Waals surface area contributed by atoms with Gasteiger partial charge in [0.15, 0.2) is 0 Å². The molecule has 0 saturated carbocycles. The second-order valence-electron chi connectivity index (χ2n) is 6.38. The van der Waals surface area contributed by atoms with Crippen molar-refractivity contribution in [1.82, 2.24) is 0 Å². The molecule has 0 unspecified atom stereocenters. The van der Waals surface area contributed by atoms with E-state index < -0.39 is 10.9 Å². The van der Waals surface area contributed by atoms with Crippen LogP contribution < -0.4 is 5.32 Å². The molecule has 0 radical (unpaired) electrons. The number of benzene rings is 3. The molecule has 0 spiro atoms. The molecule has 0 amide bonds. The summed E-state index contributed by atoms with van der Waals surface area (Å²) < 4.78 is 0. The second kappa shape index (κ2) is 8.81. The van der Waals surface area contributed by atoms with Gasteiger partial charge in [-0.25, -0.2) is 4.79 Å². The number of non-ortho nitro benzene ring substituents is 1. The van der Waals surface area contributed by atoms with Gasteiger partial charge in [0.25, 0.3) is 5.69 Å². The lowest BCUT2D eigenvalue weighted by Crippen LogP contribution is -2.12. The average Bonchev–Trinajstić information content (AvgIpc) is 2.72. The van der Waals surface area contributed by atoms with Gasteiger partial charge in [-0.15, -0.1) is 0 Å². The minimum absolute atomic E-state index is 0.106. The Morgan fingerprint density at radius 3 is 2.04 bits per heavy atom. The number of hydrogen-bond donors (Lipinski definition) is 2. The van der Waals surface area contributed by atoms with Gasteiger partial charge in [0.2, 0.25) is 0 Å². The molecule has 0 fully saturated rings. The first kappa shape index (κ1) is 19.1. The molecule has 142 valence electrons. The second-order valence-corrected chi connectivity index (χ2v) is 6.38. The van der Waals surface area contributed by atoms with Crippen molar-refractivity contribution < 1.29 is 14.8 Å². The van der Waals surface area contributed by atoms with Crippen molar-refractivity contribution in [1.29, 1.82) is 0 Å². The highest BCUT2D eigenvalue weighted by Crippen LogP contribution is 2.28. The van der Waals surface area contributed by atoms with Crippen LogP contribution in [-0.4, -0.2) is 22.5 Å². The van der Waals surface area contributed by atoms with Gasteiger partial charge in [-0.2, -0.15) is 0 Å². The van der Waals surface area contributed by atoms with E-state index in [0.29, 0.717) is 12.2 Å². The van der Waals surface area contributed by atoms with E-state index in [1.807, 2.05) is 36.4 Å². The molecule has 0 saturated heterocycles. The Morgan fingerprint density at radius 1 is 0.964 bits per heavy atom. The average molecular weight is 376 g/mol. The number of aromatic carboxylic acids is 1. The van der Waals surface area contributed by atoms with E-state index in [1.165, 1.54) is 23.3 Å². The van der Waals surface area contributed by atoms with Gasteiger partial charge in [0.1, 0.15) is 0 Å². The van der Waals surface area contributed by atoms with Crippen LogP contribution in [0.3, 0.4) is 0 Å². The largest absolute Gasteiger partial charge is 0.478 e. The van der Waals surface area contributed by atoms with Crippen LogP contribution >= 0.6 is 0 Å². The first-order valence-electron chi connectivity index (χ1n) is 8.92. The van der Waals surface area contributed by atoms with E-state index in [4.69, 9.17) is 0 Å². The van der Waals surface area contributed by atoms with Crippen LogP contribution in [0.25, 0.3) is 0 Å². The van der Waals surface area contributed by atoms with Crippen molar-refractivity contribution in [2.75, 3.05) is 11.9 Å². The van der Waals surface area contributed by atoms with Gasteiger partial charge in [0.05, 0.1) is 10.5 Å². The molecule has 0 aliphatic heterocycles. The predicted octanol–water partition coefficient (Wildman–Crippen LogP) is 4.93. The number of nitro benzene ring substituents is 1. The monoisotopic (exact) mass is 376 g/mol. The number of rotatable bonds is 8. The van der Waals surface area contributed by atoms with E-state index in [1.54, 1.807) is 0 Å². The van der Waals surface area contributed by atoms with Gasteiger partial charge >= 0.3 is 5.97 Å². The highest BCUT2D eigenvalue weighted by atomic mass is 16.6. The van der Waals surface area contributed by atoms with Crippen molar-refractivity contribution in [2.24, 2.45) is 0 Å². The zero-order valence-electron chi connectivity index (χ0n) is 15.1. The van der Waals surface area contributed by atoms with E-state index in [-0.39, 0.29) is 17.2 Å². The molecule has 6 nitrogen and oxygen atoms in total. The summed E-state index contributed by atoms with van der Waals surface area (Å²) in [4.78, 5) is 21.8. The van der Waals surface area contributed by atoms with Crippen molar-refractivity contribution >= 4 is 17.3 Å². The summed E-state index contributed by atoms with van der Waals surface area (Å²) in [6.07, 6.45) is 0.740. The van der Waals surface area contributed by atoms with E-state index in [0.717, 1.165) is 12.5 Å². The molecular formula is C22H20N2O4. The molecule has 3 aromatic carbocycles. The zero-order valence-corrected chi connectivity index (χ0v) is 15.1. The van der Waals surface area contributed by atoms with E-state index >= 15 is 0 Å². The fourth-order valence-corrected chi connectivity index (χ4v) is 3.22. The number of nitrogens with one attached hydrogen (secondary N) is 1. The smallest absolute Gasteiger partial charge is 0.338 e. The molecular weight excluding hydrogens is 356 g/mol. The summed E-state index contributed by atoms with van der Waals surface area (Å²) in [5.41, 5.74) is 2.38. The Hall–Kier alpha value is -3.67. The third-order valence-corrected chi connectivity index (χ3v) is 4.60. The Balaban J connectivity index is 1.78. The van der Waals surface area contributed by atoms with Crippen LogP contribution in [0.15, 0.2) is 78.9 Å². The predicted molar refractivity (Wildman–Crippen MR) is 108 cm³/mol. The number of carboxylic acid groups (broad SMARTS) is 1. The lowest BCUT2D eigenvalue weighted by molar-refractivity contribution is -0.384. The number of hydrogen-bond acceptors (Lipinski definition) is 4. The first-order chi connectivity index (χ1) is 13.6. The molecule has 0 aliphatic rings. The lowest BCUT2D eigenvalue weighted by atomic mass is 9.88. The van der Waals surface area contributed by atoms with E-state index in [2.05, 4.69) is 29.6 Å². The van der Waals surface area contributed by atoms with Crippen molar-refractivity contribution in [3.05, 3.63) is 106 Å². The fraction of sp³-hybridized carbons (Fsp3) is 0.136. The summed E-state index contributed by atoms with van der Waals surface area (Å²) in [6.45, 7) is 0.520. The summed E-state index contributed by atoms with van der Waals surface area (Å²) in [5, 5.41) is 23.4. The van der Waals surface area contributed by atoms with Gasteiger partial charge in [-0.1, -0.05) is 60.7 Å². The van der Waals surface area contributed by atoms with Crippen LogP contribution in [0.2, 0.25) is 0 Å².